The third kappa shape index (κ3) is 2.25. The fourth-order valence-electron chi connectivity index (χ4n) is 2.16. The van der Waals surface area contributed by atoms with E-state index in [1.54, 1.807) is 23.0 Å². The molecule has 0 unspecified atom stereocenters. The summed E-state index contributed by atoms with van der Waals surface area (Å²) in [7, 11) is 0. The van der Waals surface area contributed by atoms with Crippen molar-refractivity contribution >= 4 is 11.6 Å². The predicted octanol–water partition coefficient (Wildman–Crippen LogP) is 1.97. The molecule has 0 bridgehead atoms. The zero-order valence-electron chi connectivity index (χ0n) is 11.1. The highest BCUT2D eigenvalue weighted by Crippen LogP contribution is 2.10. The third-order valence-corrected chi connectivity index (χ3v) is 3.12. The number of amides is 1. The topological polar surface area (TPSA) is 59.3 Å². The summed E-state index contributed by atoms with van der Waals surface area (Å²) >= 11 is 0. The molecule has 0 saturated heterocycles. The van der Waals surface area contributed by atoms with E-state index in [-0.39, 0.29) is 5.91 Å². The molecular weight excluding hydrogens is 252 g/mol. The van der Waals surface area contributed by atoms with E-state index in [0.717, 1.165) is 5.56 Å². The van der Waals surface area contributed by atoms with Gasteiger partial charge in [-0.2, -0.15) is 0 Å². The van der Waals surface area contributed by atoms with Crippen LogP contribution in [-0.2, 0) is 6.54 Å². The molecule has 0 aliphatic heterocycles. The van der Waals surface area contributed by atoms with Crippen LogP contribution in [0.15, 0.2) is 48.9 Å². The highest BCUT2D eigenvalue weighted by molar-refractivity contribution is 5.94. The lowest BCUT2D eigenvalue weighted by atomic mass is 10.2. The Kier molecular flexibility index (Phi) is 3.16. The first-order chi connectivity index (χ1) is 9.75. The first kappa shape index (κ1) is 12.3. The summed E-state index contributed by atoms with van der Waals surface area (Å²) < 4.78 is 1.75. The number of nitrogens with one attached hydrogen (secondary N) is 1. The Morgan fingerprint density at radius 2 is 2.10 bits per heavy atom. The molecule has 100 valence electrons. The molecule has 0 saturated carbocycles. The molecule has 0 fully saturated rings. The number of carbonyl (C=O) groups excluding carboxylic acids is 1. The molecule has 1 amide bonds. The lowest BCUT2D eigenvalue weighted by Crippen LogP contribution is -2.24. The van der Waals surface area contributed by atoms with Crippen LogP contribution in [0.25, 0.3) is 5.65 Å². The molecule has 1 aromatic carbocycles. The first-order valence-electron chi connectivity index (χ1n) is 6.36. The summed E-state index contributed by atoms with van der Waals surface area (Å²) in [6, 6.07) is 9.81. The minimum absolute atomic E-state index is 0.134. The van der Waals surface area contributed by atoms with Crippen LogP contribution in [-0.4, -0.2) is 20.3 Å². The van der Waals surface area contributed by atoms with Gasteiger partial charge in [-0.3, -0.25) is 14.2 Å². The highest BCUT2D eigenvalue weighted by Gasteiger charge is 2.15. The Bertz CT molecular complexity index is 749. The second-order valence-corrected chi connectivity index (χ2v) is 4.52. The average molecular weight is 266 g/mol. The van der Waals surface area contributed by atoms with E-state index in [2.05, 4.69) is 15.3 Å². The maximum absolute atomic E-state index is 12.3. The molecule has 2 aromatic heterocycles. The van der Waals surface area contributed by atoms with Gasteiger partial charge in [-0.15, -0.1) is 0 Å². The van der Waals surface area contributed by atoms with Crippen LogP contribution in [0.2, 0.25) is 0 Å². The Morgan fingerprint density at radius 3 is 2.90 bits per heavy atom. The molecule has 0 radical (unpaired) electrons. The number of carbonyl (C=O) groups is 1. The number of nitrogens with zero attached hydrogens (tertiary/aromatic N) is 3. The van der Waals surface area contributed by atoms with Gasteiger partial charge in [0.2, 0.25) is 0 Å². The number of hydrogen-bond acceptors (Lipinski definition) is 3. The molecule has 5 heteroatoms. The van der Waals surface area contributed by atoms with E-state index < -0.39 is 0 Å². The van der Waals surface area contributed by atoms with Crippen molar-refractivity contribution in [1.82, 2.24) is 19.7 Å². The van der Waals surface area contributed by atoms with Crippen LogP contribution in [0.1, 0.15) is 21.7 Å². The quantitative estimate of drug-likeness (QED) is 0.788. The number of rotatable bonds is 3. The number of benzene rings is 1. The van der Waals surface area contributed by atoms with Gasteiger partial charge >= 0.3 is 0 Å². The van der Waals surface area contributed by atoms with Crippen molar-refractivity contribution in [2.24, 2.45) is 0 Å². The minimum Gasteiger partial charge on any atom is -0.347 e. The number of imidazole rings is 1. The molecule has 0 aliphatic carbocycles. The van der Waals surface area contributed by atoms with Gasteiger partial charge in [0, 0.05) is 18.9 Å². The Labute approximate surface area is 116 Å². The van der Waals surface area contributed by atoms with Gasteiger partial charge in [-0.05, 0) is 12.5 Å². The Hall–Kier alpha value is -2.69. The highest BCUT2D eigenvalue weighted by atomic mass is 16.1. The molecule has 3 rings (SSSR count). The molecular formula is C15H14N4O. The molecule has 1 N–H and O–H groups in total. The van der Waals surface area contributed by atoms with Crippen LogP contribution >= 0.6 is 0 Å². The predicted molar refractivity (Wildman–Crippen MR) is 75.3 cm³/mol. The molecule has 0 aliphatic rings. The van der Waals surface area contributed by atoms with E-state index in [9.17, 15) is 4.79 Å². The zero-order valence-corrected chi connectivity index (χ0v) is 11.1. The Balaban J connectivity index is 1.84. The second-order valence-electron chi connectivity index (χ2n) is 4.52. The standard InChI is InChI=1S/C15H14N4O/c1-11-14(19-8-7-16-10-13(19)18-11)15(20)17-9-12-5-3-2-4-6-12/h2-8,10H,9H2,1H3,(H,17,20). The van der Waals surface area contributed by atoms with Crippen LogP contribution in [0.3, 0.4) is 0 Å². The lowest BCUT2D eigenvalue weighted by molar-refractivity contribution is 0.0944. The first-order valence-corrected chi connectivity index (χ1v) is 6.36. The number of hydrogen-bond donors (Lipinski definition) is 1. The molecule has 3 aromatic rings. The van der Waals surface area contributed by atoms with Gasteiger partial charge in [0.25, 0.3) is 5.91 Å². The van der Waals surface area contributed by atoms with E-state index in [0.29, 0.717) is 23.6 Å². The van der Waals surface area contributed by atoms with Crippen molar-refractivity contribution in [1.29, 1.82) is 0 Å². The van der Waals surface area contributed by atoms with E-state index in [4.69, 9.17) is 0 Å². The summed E-state index contributed by atoms with van der Waals surface area (Å²) in [6.07, 6.45) is 5.02. The fourth-order valence-corrected chi connectivity index (χ4v) is 2.16. The van der Waals surface area contributed by atoms with E-state index in [1.807, 2.05) is 37.3 Å². The SMILES string of the molecule is Cc1nc2cnccn2c1C(=O)NCc1ccccc1. The van der Waals surface area contributed by atoms with Crippen LogP contribution in [0.4, 0.5) is 0 Å². The van der Waals surface area contributed by atoms with Gasteiger partial charge < -0.3 is 5.32 Å². The van der Waals surface area contributed by atoms with Crippen LogP contribution in [0, 0.1) is 6.92 Å². The molecule has 0 spiro atoms. The summed E-state index contributed by atoms with van der Waals surface area (Å²) in [5, 5.41) is 2.91. The monoisotopic (exact) mass is 266 g/mol. The van der Waals surface area contributed by atoms with Crippen LogP contribution in [0.5, 0.6) is 0 Å². The van der Waals surface area contributed by atoms with Crippen molar-refractivity contribution in [3.05, 3.63) is 65.9 Å². The van der Waals surface area contributed by atoms with Gasteiger partial charge in [-0.1, -0.05) is 30.3 Å². The number of aryl methyl sites for hydroxylation is 1. The van der Waals surface area contributed by atoms with Gasteiger partial charge in [0.1, 0.15) is 5.69 Å². The third-order valence-electron chi connectivity index (χ3n) is 3.12. The van der Waals surface area contributed by atoms with Crippen LogP contribution < -0.4 is 5.32 Å². The van der Waals surface area contributed by atoms with Crippen molar-refractivity contribution < 1.29 is 4.79 Å². The average Bonchev–Trinajstić information content (AvgIpc) is 2.82. The molecule has 2 heterocycles. The second kappa shape index (κ2) is 5.13. The molecule has 5 nitrogen and oxygen atoms in total. The normalized spacial score (nSPS) is 10.7. The number of aromatic nitrogens is 3. The summed E-state index contributed by atoms with van der Waals surface area (Å²) in [4.78, 5) is 20.7. The molecule has 0 atom stereocenters. The van der Waals surface area contributed by atoms with E-state index in [1.165, 1.54) is 0 Å². The summed E-state index contributed by atoms with van der Waals surface area (Å²) in [6.45, 7) is 2.32. The largest absolute Gasteiger partial charge is 0.347 e. The van der Waals surface area contributed by atoms with Crippen molar-refractivity contribution in [2.45, 2.75) is 13.5 Å². The minimum atomic E-state index is -0.134. The maximum atomic E-state index is 12.3. The zero-order chi connectivity index (χ0) is 13.9. The van der Waals surface area contributed by atoms with Crippen molar-refractivity contribution in [3.8, 4) is 0 Å². The molecule has 20 heavy (non-hydrogen) atoms. The van der Waals surface area contributed by atoms with Crippen molar-refractivity contribution in [2.75, 3.05) is 0 Å². The number of fused-ring (bicyclic) bond motifs is 1. The van der Waals surface area contributed by atoms with Crippen molar-refractivity contribution in [3.63, 3.8) is 0 Å². The summed E-state index contributed by atoms with van der Waals surface area (Å²) in [5.41, 5.74) is 2.99. The van der Waals surface area contributed by atoms with Gasteiger partial charge in [0.05, 0.1) is 11.9 Å². The van der Waals surface area contributed by atoms with E-state index >= 15 is 0 Å². The Morgan fingerprint density at radius 1 is 1.30 bits per heavy atom. The summed E-state index contributed by atoms with van der Waals surface area (Å²) in [5.74, 6) is -0.134. The van der Waals surface area contributed by atoms with Gasteiger partial charge in [-0.25, -0.2) is 4.98 Å². The maximum Gasteiger partial charge on any atom is 0.270 e. The smallest absolute Gasteiger partial charge is 0.270 e. The van der Waals surface area contributed by atoms with Gasteiger partial charge in [0.15, 0.2) is 5.65 Å². The fraction of sp³-hybridized carbons (Fsp3) is 0.133. The lowest BCUT2D eigenvalue weighted by Gasteiger charge is -2.06.